The molecule has 2 amide bonds. The van der Waals surface area contributed by atoms with E-state index >= 15 is 0 Å². The van der Waals surface area contributed by atoms with Crippen LogP contribution >= 0.6 is 0 Å². The van der Waals surface area contributed by atoms with Gasteiger partial charge in [-0.15, -0.1) is 8.78 Å². The van der Waals surface area contributed by atoms with Gasteiger partial charge in [-0.1, -0.05) is 29.3 Å². The molecule has 5 nitrogen and oxygen atoms in total. The predicted octanol–water partition coefficient (Wildman–Crippen LogP) is 4.63. The monoisotopic (exact) mass is 384 g/mol. The van der Waals surface area contributed by atoms with E-state index in [1.54, 1.807) is 0 Å². The summed E-state index contributed by atoms with van der Waals surface area (Å²) in [6.45, 7) is 4.09. The Morgan fingerprint density at radius 3 is 2.37 bits per heavy atom. The molecule has 144 valence electrons. The van der Waals surface area contributed by atoms with Gasteiger partial charge in [0.15, 0.2) is 0 Å². The van der Waals surface area contributed by atoms with Crippen LogP contribution in [0.5, 0.6) is 5.75 Å². The Labute approximate surface area is 152 Å². The quantitative estimate of drug-likeness (QED) is 0.759. The van der Waals surface area contributed by atoms with E-state index in [0.717, 1.165) is 28.8 Å². The first-order valence-electron chi connectivity index (χ1n) is 7.95. The number of carbonyl (C=O) groups is 1. The van der Waals surface area contributed by atoms with Crippen LogP contribution in [0.25, 0.3) is 0 Å². The van der Waals surface area contributed by atoms with E-state index in [1.165, 1.54) is 6.07 Å². The molecule has 0 unspecified atom stereocenters. The molecule has 0 aromatic heterocycles. The highest BCUT2D eigenvalue weighted by Crippen LogP contribution is 2.46. The van der Waals surface area contributed by atoms with Gasteiger partial charge in [-0.2, -0.15) is 8.78 Å². The van der Waals surface area contributed by atoms with Crippen molar-refractivity contribution >= 4 is 11.7 Å². The second kappa shape index (κ2) is 6.73. The van der Waals surface area contributed by atoms with E-state index < -0.39 is 29.7 Å². The lowest BCUT2D eigenvalue weighted by Crippen LogP contribution is -2.41. The number of fused-ring (bicyclic) bond motifs is 1. The Morgan fingerprint density at radius 1 is 1.04 bits per heavy atom. The molecule has 27 heavy (non-hydrogen) atoms. The number of benzene rings is 2. The van der Waals surface area contributed by atoms with Crippen LogP contribution in [-0.4, -0.2) is 12.3 Å². The number of halogens is 4. The van der Waals surface area contributed by atoms with Gasteiger partial charge in [-0.25, -0.2) is 9.53 Å². The summed E-state index contributed by atoms with van der Waals surface area (Å²) in [5, 5.41) is 4.96. The van der Waals surface area contributed by atoms with Crippen molar-refractivity contribution in [3.05, 3.63) is 58.7 Å². The zero-order chi connectivity index (χ0) is 19.8. The number of alkyl halides is 4. The van der Waals surface area contributed by atoms with Gasteiger partial charge < -0.3 is 15.4 Å². The van der Waals surface area contributed by atoms with Gasteiger partial charge >= 0.3 is 18.4 Å². The van der Waals surface area contributed by atoms with Crippen LogP contribution in [-0.2, 0) is 17.4 Å². The molecule has 1 aliphatic rings. The molecule has 0 fully saturated rings. The van der Waals surface area contributed by atoms with Crippen LogP contribution in [0.2, 0.25) is 0 Å². The van der Waals surface area contributed by atoms with E-state index in [9.17, 15) is 22.4 Å². The van der Waals surface area contributed by atoms with Gasteiger partial charge in [0.1, 0.15) is 5.75 Å². The highest BCUT2D eigenvalue weighted by atomic mass is 19.3. The number of amides is 2. The molecule has 0 radical (unpaired) electrons. The topological polar surface area (TPSA) is 59.6 Å². The number of rotatable bonds is 3. The standard InChI is InChI=1S/C18H16F4N2O3/c1-10-5-11(2)7-12(6-10)9-23-16(25)24-13-3-4-15-14(8-13)17(19,20)27-18(21,22)26-15/h3-8H,9H2,1-2H3,(H2,23,24,25). The molecular formula is C18H16F4N2O3. The van der Waals surface area contributed by atoms with Crippen molar-refractivity contribution in [1.82, 2.24) is 5.32 Å². The lowest BCUT2D eigenvalue weighted by Gasteiger charge is -2.30. The smallest absolute Gasteiger partial charge is 0.409 e. The predicted molar refractivity (Wildman–Crippen MR) is 88.8 cm³/mol. The maximum Gasteiger partial charge on any atom is 0.540 e. The first-order valence-corrected chi connectivity index (χ1v) is 7.95. The molecule has 3 rings (SSSR count). The van der Waals surface area contributed by atoms with E-state index in [1.807, 2.05) is 32.0 Å². The van der Waals surface area contributed by atoms with E-state index in [-0.39, 0.29) is 12.2 Å². The molecule has 9 heteroatoms. The minimum absolute atomic E-state index is 0.0243. The lowest BCUT2D eigenvalue weighted by molar-refractivity contribution is -0.461. The fraction of sp³-hybridized carbons (Fsp3) is 0.278. The summed E-state index contributed by atoms with van der Waals surface area (Å²) in [6, 6.07) is 8.07. The second-order valence-electron chi connectivity index (χ2n) is 6.20. The summed E-state index contributed by atoms with van der Waals surface area (Å²) in [6.07, 6.45) is -8.70. The fourth-order valence-electron chi connectivity index (χ4n) is 2.81. The number of aryl methyl sites for hydroxylation is 2. The first kappa shape index (κ1) is 19.0. The Hall–Kier alpha value is -2.81. The maximum atomic E-state index is 13.7. The molecule has 0 atom stereocenters. The third-order valence-electron chi connectivity index (χ3n) is 3.76. The molecule has 0 bridgehead atoms. The largest absolute Gasteiger partial charge is 0.540 e. The SMILES string of the molecule is Cc1cc(C)cc(CNC(=O)Nc2ccc3c(c2)C(F)(F)OC(F)(F)O3)c1. The van der Waals surface area contributed by atoms with Crippen molar-refractivity contribution in [3.8, 4) is 5.75 Å². The minimum atomic E-state index is -4.44. The van der Waals surface area contributed by atoms with Crippen molar-refractivity contribution in [2.45, 2.75) is 32.8 Å². The average Bonchev–Trinajstić information content (AvgIpc) is 2.51. The van der Waals surface area contributed by atoms with Crippen LogP contribution in [0.1, 0.15) is 22.3 Å². The van der Waals surface area contributed by atoms with Crippen molar-refractivity contribution in [1.29, 1.82) is 0 Å². The zero-order valence-electron chi connectivity index (χ0n) is 14.4. The maximum absolute atomic E-state index is 13.7. The number of hydrogen-bond acceptors (Lipinski definition) is 3. The van der Waals surface area contributed by atoms with Crippen LogP contribution in [0.15, 0.2) is 36.4 Å². The van der Waals surface area contributed by atoms with Crippen LogP contribution in [0, 0.1) is 13.8 Å². The van der Waals surface area contributed by atoms with Crippen LogP contribution < -0.4 is 15.4 Å². The molecule has 0 spiro atoms. The molecule has 2 N–H and O–H groups in total. The number of hydrogen-bond donors (Lipinski definition) is 2. The summed E-state index contributed by atoms with van der Waals surface area (Å²) in [5.74, 6) is -0.725. The Bertz CT molecular complexity index is 867. The molecule has 2 aromatic rings. The number of urea groups is 1. The summed E-state index contributed by atoms with van der Waals surface area (Å²) < 4.78 is 60.9. The highest BCUT2D eigenvalue weighted by molar-refractivity contribution is 5.89. The minimum Gasteiger partial charge on any atom is -0.409 e. The Kier molecular flexibility index (Phi) is 4.73. The van der Waals surface area contributed by atoms with Crippen molar-refractivity contribution < 1.29 is 31.8 Å². The highest BCUT2D eigenvalue weighted by Gasteiger charge is 2.54. The molecule has 1 heterocycles. The van der Waals surface area contributed by atoms with E-state index in [2.05, 4.69) is 20.1 Å². The van der Waals surface area contributed by atoms with Crippen molar-refractivity contribution in [2.24, 2.45) is 0 Å². The molecule has 0 saturated heterocycles. The molecule has 1 aliphatic heterocycles. The number of nitrogens with one attached hydrogen (secondary N) is 2. The van der Waals surface area contributed by atoms with Crippen LogP contribution in [0.3, 0.4) is 0 Å². The molecule has 0 aliphatic carbocycles. The van der Waals surface area contributed by atoms with Crippen molar-refractivity contribution in [3.63, 3.8) is 0 Å². The summed E-state index contributed by atoms with van der Waals surface area (Å²) >= 11 is 0. The normalized spacial score (nSPS) is 16.8. The van der Waals surface area contributed by atoms with Gasteiger partial charge in [0, 0.05) is 12.2 Å². The summed E-state index contributed by atoms with van der Waals surface area (Å²) in [7, 11) is 0. The number of carbonyl (C=O) groups excluding carboxylic acids is 1. The zero-order valence-corrected chi connectivity index (χ0v) is 14.4. The van der Waals surface area contributed by atoms with Gasteiger partial charge in [0.05, 0.1) is 5.56 Å². The first-order chi connectivity index (χ1) is 12.5. The Morgan fingerprint density at radius 2 is 1.70 bits per heavy atom. The van der Waals surface area contributed by atoms with Crippen molar-refractivity contribution in [2.75, 3.05) is 5.32 Å². The van der Waals surface area contributed by atoms with Crippen LogP contribution in [0.4, 0.5) is 28.0 Å². The molecule has 0 saturated carbocycles. The van der Waals surface area contributed by atoms with E-state index in [0.29, 0.717) is 0 Å². The second-order valence-corrected chi connectivity index (χ2v) is 6.20. The van der Waals surface area contributed by atoms with Gasteiger partial charge in [-0.05, 0) is 37.6 Å². The third-order valence-corrected chi connectivity index (χ3v) is 3.76. The Balaban J connectivity index is 1.68. The number of anilines is 1. The van der Waals surface area contributed by atoms with Gasteiger partial charge in [0.2, 0.25) is 0 Å². The van der Waals surface area contributed by atoms with Gasteiger partial charge in [0.25, 0.3) is 0 Å². The third kappa shape index (κ3) is 4.48. The lowest BCUT2D eigenvalue weighted by atomic mass is 10.1. The average molecular weight is 384 g/mol. The fourth-order valence-corrected chi connectivity index (χ4v) is 2.81. The molecular weight excluding hydrogens is 368 g/mol. The number of ether oxygens (including phenoxy) is 2. The summed E-state index contributed by atoms with van der Waals surface area (Å²) in [5.41, 5.74) is 2.04. The van der Waals surface area contributed by atoms with Gasteiger partial charge in [-0.3, -0.25) is 0 Å². The van der Waals surface area contributed by atoms with E-state index in [4.69, 9.17) is 0 Å². The molecule has 2 aromatic carbocycles. The summed E-state index contributed by atoms with van der Waals surface area (Å²) in [4.78, 5) is 12.0.